The third-order valence-corrected chi connectivity index (χ3v) is 5.82. The molecule has 1 aliphatic heterocycles. The Morgan fingerprint density at radius 2 is 1.52 bits per heavy atom. The molecular formula is C26H23ClN2O2. The average Bonchev–Trinajstić information content (AvgIpc) is 2.99. The van der Waals surface area contributed by atoms with E-state index in [1.54, 1.807) is 23.1 Å². The van der Waals surface area contributed by atoms with Gasteiger partial charge in [0.15, 0.2) is 0 Å². The summed E-state index contributed by atoms with van der Waals surface area (Å²) in [6.45, 7) is 5.81. The summed E-state index contributed by atoms with van der Waals surface area (Å²) >= 11 is 6.11. The molecule has 0 aromatic heterocycles. The van der Waals surface area contributed by atoms with Gasteiger partial charge in [0.1, 0.15) is 5.70 Å². The van der Waals surface area contributed by atoms with Crippen LogP contribution in [0.15, 0.2) is 72.4 Å². The van der Waals surface area contributed by atoms with Crippen LogP contribution in [0.3, 0.4) is 0 Å². The van der Waals surface area contributed by atoms with Crippen molar-refractivity contribution in [1.82, 2.24) is 0 Å². The Hall–Kier alpha value is -3.37. The van der Waals surface area contributed by atoms with Crippen LogP contribution < -0.4 is 9.80 Å². The van der Waals surface area contributed by atoms with Crippen molar-refractivity contribution >= 4 is 40.4 Å². The van der Waals surface area contributed by atoms with Crippen molar-refractivity contribution in [1.29, 1.82) is 0 Å². The molecule has 0 spiro atoms. The summed E-state index contributed by atoms with van der Waals surface area (Å²) in [5.41, 5.74) is 5.70. The van der Waals surface area contributed by atoms with Crippen LogP contribution in [0.4, 0.5) is 11.4 Å². The van der Waals surface area contributed by atoms with Crippen LogP contribution in [0.1, 0.15) is 22.3 Å². The van der Waals surface area contributed by atoms with Crippen LogP contribution in [0.2, 0.25) is 5.02 Å². The molecule has 0 saturated carbocycles. The number of para-hydroxylation sites is 1. The molecule has 156 valence electrons. The molecule has 0 aliphatic carbocycles. The standard InChI is InChI=1S/C26H23ClN2O2/c1-16-10-12-21(17(2)14-16)23-24(28(4)20-8-6-5-7-9-20)26(31)29(25(23)30)22-13-11-19(27)15-18(22)3/h5-15H,1-4H3. The van der Waals surface area contributed by atoms with Crippen LogP contribution in [0.5, 0.6) is 0 Å². The van der Waals surface area contributed by atoms with Crippen LogP contribution >= 0.6 is 11.6 Å². The van der Waals surface area contributed by atoms with E-state index in [1.165, 1.54) is 4.90 Å². The maximum Gasteiger partial charge on any atom is 0.282 e. The minimum absolute atomic E-state index is 0.333. The number of rotatable bonds is 4. The van der Waals surface area contributed by atoms with E-state index in [9.17, 15) is 9.59 Å². The van der Waals surface area contributed by atoms with Crippen LogP contribution in [0.25, 0.3) is 5.57 Å². The van der Waals surface area contributed by atoms with Crippen molar-refractivity contribution in [3.8, 4) is 0 Å². The average molecular weight is 431 g/mol. The maximum absolute atomic E-state index is 13.7. The third kappa shape index (κ3) is 3.64. The van der Waals surface area contributed by atoms with E-state index in [2.05, 4.69) is 0 Å². The topological polar surface area (TPSA) is 40.6 Å². The highest BCUT2D eigenvalue weighted by Gasteiger charge is 2.43. The fourth-order valence-electron chi connectivity index (χ4n) is 4.04. The fourth-order valence-corrected chi connectivity index (χ4v) is 4.26. The summed E-state index contributed by atoms with van der Waals surface area (Å²) in [5, 5.41) is 0.560. The van der Waals surface area contributed by atoms with E-state index in [1.807, 2.05) is 76.3 Å². The lowest BCUT2D eigenvalue weighted by Crippen LogP contribution is -2.34. The molecule has 1 aliphatic rings. The Labute approximate surface area is 187 Å². The van der Waals surface area contributed by atoms with Crippen molar-refractivity contribution in [2.45, 2.75) is 20.8 Å². The fraction of sp³-hybridized carbons (Fsp3) is 0.154. The van der Waals surface area contributed by atoms with Gasteiger partial charge in [0, 0.05) is 17.8 Å². The number of hydrogen-bond acceptors (Lipinski definition) is 3. The lowest BCUT2D eigenvalue weighted by molar-refractivity contribution is -0.120. The zero-order chi connectivity index (χ0) is 22.3. The predicted octanol–water partition coefficient (Wildman–Crippen LogP) is 5.69. The number of carbonyl (C=O) groups excluding carboxylic acids is 2. The zero-order valence-corrected chi connectivity index (χ0v) is 18.7. The number of anilines is 2. The third-order valence-electron chi connectivity index (χ3n) is 5.59. The van der Waals surface area contributed by atoms with Crippen LogP contribution in [-0.4, -0.2) is 18.9 Å². The first-order valence-electron chi connectivity index (χ1n) is 10.0. The van der Waals surface area contributed by atoms with Gasteiger partial charge in [-0.2, -0.15) is 0 Å². The Morgan fingerprint density at radius 1 is 0.806 bits per heavy atom. The smallest absolute Gasteiger partial charge is 0.282 e. The van der Waals surface area contributed by atoms with E-state index in [-0.39, 0.29) is 11.8 Å². The molecule has 0 unspecified atom stereocenters. The minimum Gasteiger partial charge on any atom is -0.339 e. The number of benzene rings is 3. The monoisotopic (exact) mass is 430 g/mol. The second-order valence-electron chi connectivity index (χ2n) is 7.81. The molecule has 3 aromatic carbocycles. The molecule has 4 rings (SSSR count). The van der Waals surface area contributed by atoms with Crippen molar-refractivity contribution in [3.05, 3.63) is 99.7 Å². The van der Waals surface area contributed by atoms with E-state index >= 15 is 0 Å². The number of nitrogens with zero attached hydrogens (tertiary/aromatic N) is 2. The van der Waals surface area contributed by atoms with Gasteiger partial charge in [-0.25, -0.2) is 4.90 Å². The van der Waals surface area contributed by atoms with E-state index in [0.717, 1.165) is 27.9 Å². The molecule has 3 aromatic rings. The van der Waals surface area contributed by atoms with E-state index in [4.69, 9.17) is 11.6 Å². The summed E-state index contributed by atoms with van der Waals surface area (Å²) in [6.07, 6.45) is 0. The molecule has 1 heterocycles. The van der Waals surface area contributed by atoms with Crippen LogP contribution in [0, 0.1) is 20.8 Å². The highest BCUT2D eigenvalue weighted by Crippen LogP contribution is 2.38. The van der Waals surface area contributed by atoms with Crippen molar-refractivity contribution in [3.63, 3.8) is 0 Å². The number of likely N-dealkylation sites (N-methyl/N-ethyl adjacent to an activating group) is 1. The first-order chi connectivity index (χ1) is 14.8. The van der Waals surface area contributed by atoms with Crippen molar-refractivity contribution in [2.75, 3.05) is 16.8 Å². The minimum atomic E-state index is -0.350. The highest BCUT2D eigenvalue weighted by molar-refractivity contribution is 6.46. The Bertz CT molecular complexity index is 1230. The second-order valence-corrected chi connectivity index (χ2v) is 8.25. The molecule has 0 atom stereocenters. The van der Waals surface area contributed by atoms with E-state index in [0.29, 0.717) is 22.0 Å². The molecule has 0 bridgehead atoms. The molecule has 31 heavy (non-hydrogen) atoms. The highest BCUT2D eigenvalue weighted by atomic mass is 35.5. The molecule has 0 saturated heterocycles. The molecule has 0 fully saturated rings. The van der Waals surface area contributed by atoms with Gasteiger partial charge >= 0.3 is 0 Å². The van der Waals surface area contributed by atoms with Crippen LogP contribution in [-0.2, 0) is 9.59 Å². The van der Waals surface area contributed by atoms with Gasteiger partial charge in [-0.3, -0.25) is 9.59 Å². The summed E-state index contributed by atoms with van der Waals surface area (Å²) in [6, 6.07) is 20.6. The quantitative estimate of drug-likeness (QED) is 0.499. The van der Waals surface area contributed by atoms with Gasteiger partial charge in [0.05, 0.1) is 11.3 Å². The Morgan fingerprint density at radius 3 is 2.16 bits per heavy atom. The summed E-state index contributed by atoms with van der Waals surface area (Å²) in [5.74, 6) is -0.683. The second kappa shape index (κ2) is 8.05. The predicted molar refractivity (Wildman–Crippen MR) is 126 cm³/mol. The maximum atomic E-state index is 13.7. The van der Waals surface area contributed by atoms with Crippen molar-refractivity contribution < 1.29 is 9.59 Å². The summed E-state index contributed by atoms with van der Waals surface area (Å²) in [7, 11) is 1.82. The lowest BCUT2D eigenvalue weighted by atomic mass is 9.97. The lowest BCUT2D eigenvalue weighted by Gasteiger charge is -2.22. The molecule has 4 nitrogen and oxygen atoms in total. The van der Waals surface area contributed by atoms with Gasteiger partial charge in [-0.05, 0) is 67.8 Å². The first-order valence-corrected chi connectivity index (χ1v) is 10.4. The molecule has 0 N–H and O–H groups in total. The Kier molecular flexibility index (Phi) is 5.42. The van der Waals surface area contributed by atoms with Gasteiger partial charge in [-0.1, -0.05) is 53.6 Å². The number of halogens is 1. The number of hydrogen-bond donors (Lipinski definition) is 0. The normalized spacial score (nSPS) is 13.9. The summed E-state index contributed by atoms with van der Waals surface area (Å²) < 4.78 is 0. The molecule has 5 heteroatoms. The molecular weight excluding hydrogens is 408 g/mol. The van der Waals surface area contributed by atoms with Crippen molar-refractivity contribution in [2.24, 2.45) is 0 Å². The van der Waals surface area contributed by atoms with Gasteiger partial charge in [0.25, 0.3) is 11.8 Å². The van der Waals surface area contributed by atoms with Gasteiger partial charge < -0.3 is 4.90 Å². The van der Waals surface area contributed by atoms with Gasteiger partial charge in [0.2, 0.25) is 0 Å². The SMILES string of the molecule is Cc1ccc(C2=C(N(C)c3ccccc3)C(=O)N(c3ccc(Cl)cc3C)C2=O)c(C)c1. The Balaban J connectivity index is 1.93. The number of imide groups is 1. The zero-order valence-electron chi connectivity index (χ0n) is 17.9. The number of carbonyl (C=O) groups is 2. The van der Waals surface area contributed by atoms with E-state index < -0.39 is 0 Å². The number of aryl methyl sites for hydroxylation is 3. The first kappa shape index (κ1) is 20.9. The number of amides is 2. The van der Waals surface area contributed by atoms with Gasteiger partial charge in [-0.15, -0.1) is 0 Å². The largest absolute Gasteiger partial charge is 0.339 e. The molecule has 2 amide bonds. The molecule has 0 radical (unpaired) electrons. The summed E-state index contributed by atoms with van der Waals surface area (Å²) in [4.78, 5) is 30.5.